The lowest BCUT2D eigenvalue weighted by atomic mass is 9.82. The Morgan fingerprint density at radius 1 is 0.939 bits per heavy atom. The molecule has 5 rings (SSSR count). The molecule has 33 heavy (non-hydrogen) atoms. The molecule has 1 aliphatic carbocycles. The average Bonchev–Trinajstić information content (AvgIpc) is 3.29. The van der Waals surface area contributed by atoms with E-state index in [2.05, 4.69) is 34.1 Å². The van der Waals surface area contributed by atoms with Gasteiger partial charge in [-0.2, -0.15) is 0 Å². The van der Waals surface area contributed by atoms with E-state index in [9.17, 15) is 4.79 Å². The van der Waals surface area contributed by atoms with Crippen molar-refractivity contribution in [3.05, 3.63) is 53.1 Å². The number of fused-ring (bicyclic) bond motifs is 2. The first-order chi connectivity index (χ1) is 16.1. The molecule has 0 radical (unpaired) electrons. The molecular weight excluding hydrogens is 416 g/mol. The molecule has 2 aromatic carbocycles. The van der Waals surface area contributed by atoms with Gasteiger partial charge in [0.15, 0.2) is 11.5 Å². The number of carbonyl (C=O) groups is 1. The maximum absolute atomic E-state index is 13.0. The SMILES string of the molecule is COc1cc(CN2C(=O)CC[C@@H]3CN(C4Cc5ccccc5C4)CC[C@@H]32)cc(OC)c1OC. The van der Waals surface area contributed by atoms with Crippen molar-refractivity contribution in [2.75, 3.05) is 34.4 Å². The van der Waals surface area contributed by atoms with Crippen LogP contribution < -0.4 is 14.2 Å². The lowest BCUT2D eigenvalue weighted by Gasteiger charge is -2.48. The quantitative estimate of drug-likeness (QED) is 0.672. The predicted molar refractivity (Wildman–Crippen MR) is 127 cm³/mol. The van der Waals surface area contributed by atoms with Crippen molar-refractivity contribution in [2.24, 2.45) is 5.92 Å². The fourth-order valence-corrected chi connectivity index (χ4v) is 6.13. The number of nitrogens with zero attached hydrogens (tertiary/aromatic N) is 2. The van der Waals surface area contributed by atoms with Crippen molar-refractivity contribution >= 4 is 5.91 Å². The van der Waals surface area contributed by atoms with Gasteiger partial charge in [0.25, 0.3) is 0 Å². The first-order valence-electron chi connectivity index (χ1n) is 12.0. The van der Waals surface area contributed by atoms with Crippen LogP contribution in [0.5, 0.6) is 17.2 Å². The number of hydrogen-bond donors (Lipinski definition) is 0. The standard InChI is InChI=1S/C27H34N2O4/c1-31-24-12-18(13-25(32-2)27(24)33-3)16-29-23-10-11-28(17-21(23)8-9-26(29)30)22-14-19-6-4-5-7-20(19)15-22/h4-7,12-13,21-23H,8-11,14-17H2,1-3H3/t21-,23+/m1/s1. The summed E-state index contributed by atoms with van der Waals surface area (Å²) >= 11 is 0. The highest BCUT2D eigenvalue weighted by Crippen LogP contribution is 2.40. The molecular formula is C27H34N2O4. The Morgan fingerprint density at radius 2 is 1.61 bits per heavy atom. The second-order valence-electron chi connectivity index (χ2n) is 9.54. The number of rotatable bonds is 6. The summed E-state index contributed by atoms with van der Waals surface area (Å²) < 4.78 is 16.5. The van der Waals surface area contributed by atoms with Crippen LogP contribution in [0.3, 0.4) is 0 Å². The van der Waals surface area contributed by atoms with Crippen molar-refractivity contribution < 1.29 is 19.0 Å². The minimum atomic E-state index is 0.256. The van der Waals surface area contributed by atoms with E-state index >= 15 is 0 Å². The van der Waals surface area contributed by atoms with Gasteiger partial charge in [0, 0.05) is 38.1 Å². The van der Waals surface area contributed by atoms with Gasteiger partial charge >= 0.3 is 0 Å². The summed E-state index contributed by atoms with van der Waals surface area (Å²) in [5, 5.41) is 0. The molecule has 2 fully saturated rings. The average molecular weight is 451 g/mol. The highest BCUT2D eigenvalue weighted by atomic mass is 16.5. The smallest absolute Gasteiger partial charge is 0.223 e. The molecule has 6 nitrogen and oxygen atoms in total. The molecule has 2 heterocycles. The summed E-state index contributed by atoms with van der Waals surface area (Å²) in [5.41, 5.74) is 4.02. The normalized spacial score (nSPS) is 23.2. The van der Waals surface area contributed by atoms with E-state index in [-0.39, 0.29) is 5.91 Å². The number of benzene rings is 2. The molecule has 3 aliphatic rings. The lowest BCUT2D eigenvalue weighted by Crippen LogP contribution is -2.57. The van der Waals surface area contributed by atoms with Crippen LogP contribution in [-0.4, -0.2) is 62.2 Å². The van der Waals surface area contributed by atoms with Crippen LogP contribution in [-0.2, 0) is 24.2 Å². The van der Waals surface area contributed by atoms with E-state index in [1.54, 1.807) is 21.3 Å². The molecule has 0 unspecified atom stereocenters. The van der Waals surface area contributed by atoms with E-state index in [1.165, 1.54) is 11.1 Å². The van der Waals surface area contributed by atoms with Crippen molar-refractivity contribution in [3.8, 4) is 17.2 Å². The molecule has 0 N–H and O–H groups in total. The van der Waals surface area contributed by atoms with E-state index in [0.29, 0.717) is 48.2 Å². The van der Waals surface area contributed by atoms with Gasteiger partial charge in [0.1, 0.15) is 0 Å². The van der Waals surface area contributed by atoms with Crippen molar-refractivity contribution in [2.45, 2.75) is 50.7 Å². The third-order valence-electron chi connectivity index (χ3n) is 7.80. The number of carbonyl (C=O) groups excluding carboxylic acids is 1. The van der Waals surface area contributed by atoms with Crippen molar-refractivity contribution in [1.29, 1.82) is 0 Å². The zero-order valence-electron chi connectivity index (χ0n) is 19.9. The van der Waals surface area contributed by atoms with Gasteiger partial charge in [-0.1, -0.05) is 24.3 Å². The maximum atomic E-state index is 13.0. The monoisotopic (exact) mass is 450 g/mol. The molecule has 1 amide bonds. The summed E-state index contributed by atoms with van der Waals surface area (Å²) in [4.78, 5) is 17.8. The fraction of sp³-hybridized carbons (Fsp3) is 0.519. The van der Waals surface area contributed by atoms with Gasteiger partial charge in [-0.3, -0.25) is 9.69 Å². The molecule has 2 aromatic rings. The highest BCUT2D eigenvalue weighted by Gasteiger charge is 2.41. The van der Waals surface area contributed by atoms with Gasteiger partial charge in [-0.25, -0.2) is 0 Å². The van der Waals surface area contributed by atoms with Gasteiger partial charge in [0.2, 0.25) is 11.7 Å². The van der Waals surface area contributed by atoms with E-state index in [0.717, 1.165) is 44.3 Å². The number of methoxy groups -OCH3 is 3. The minimum absolute atomic E-state index is 0.256. The molecule has 0 saturated carbocycles. The van der Waals surface area contributed by atoms with Crippen LogP contribution in [0.15, 0.2) is 36.4 Å². The third kappa shape index (κ3) is 4.17. The number of piperidine rings is 2. The number of likely N-dealkylation sites (tertiary alicyclic amines) is 2. The number of hydrogen-bond acceptors (Lipinski definition) is 5. The zero-order chi connectivity index (χ0) is 22.9. The summed E-state index contributed by atoms with van der Waals surface area (Å²) in [7, 11) is 4.86. The number of amides is 1. The molecule has 2 atom stereocenters. The molecule has 0 aromatic heterocycles. The van der Waals surface area contributed by atoms with Gasteiger partial charge < -0.3 is 19.1 Å². The van der Waals surface area contributed by atoms with Gasteiger partial charge in [0.05, 0.1) is 21.3 Å². The van der Waals surface area contributed by atoms with Crippen LogP contribution in [0.4, 0.5) is 0 Å². The van der Waals surface area contributed by atoms with Crippen LogP contribution >= 0.6 is 0 Å². The Labute approximate surface area is 196 Å². The summed E-state index contributed by atoms with van der Waals surface area (Å²) in [6.45, 7) is 2.72. The fourth-order valence-electron chi connectivity index (χ4n) is 6.13. The van der Waals surface area contributed by atoms with Crippen LogP contribution in [0.2, 0.25) is 0 Å². The Morgan fingerprint density at radius 3 is 2.21 bits per heavy atom. The van der Waals surface area contributed by atoms with Crippen LogP contribution in [0.25, 0.3) is 0 Å². The molecule has 2 aliphatic heterocycles. The number of ether oxygens (including phenoxy) is 3. The molecule has 0 spiro atoms. The first kappa shape index (κ1) is 22.1. The minimum Gasteiger partial charge on any atom is -0.493 e. The molecule has 176 valence electrons. The Balaban J connectivity index is 1.30. The summed E-state index contributed by atoms with van der Waals surface area (Å²) in [6, 6.07) is 13.7. The van der Waals surface area contributed by atoms with E-state index in [4.69, 9.17) is 14.2 Å². The largest absolute Gasteiger partial charge is 0.493 e. The molecule has 6 heteroatoms. The maximum Gasteiger partial charge on any atom is 0.223 e. The first-order valence-corrected chi connectivity index (χ1v) is 12.0. The molecule has 0 bridgehead atoms. The van der Waals surface area contributed by atoms with Crippen LogP contribution in [0, 0.1) is 5.92 Å². The molecule has 2 saturated heterocycles. The highest BCUT2D eigenvalue weighted by molar-refractivity contribution is 5.77. The third-order valence-corrected chi connectivity index (χ3v) is 7.80. The topological polar surface area (TPSA) is 51.2 Å². The van der Waals surface area contributed by atoms with E-state index < -0.39 is 0 Å². The lowest BCUT2D eigenvalue weighted by molar-refractivity contribution is -0.142. The second kappa shape index (κ2) is 9.26. The summed E-state index contributed by atoms with van der Waals surface area (Å²) in [5.74, 6) is 2.62. The van der Waals surface area contributed by atoms with Crippen molar-refractivity contribution in [1.82, 2.24) is 9.80 Å². The van der Waals surface area contributed by atoms with Crippen LogP contribution in [0.1, 0.15) is 36.0 Å². The van der Waals surface area contributed by atoms with Gasteiger partial charge in [-0.15, -0.1) is 0 Å². The summed E-state index contributed by atoms with van der Waals surface area (Å²) in [6.07, 6.45) is 4.96. The Hall–Kier alpha value is -2.73. The van der Waals surface area contributed by atoms with E-state index in [1.807, 2.05) is 12.1 Å². The van der Waals surface area contributed by atoms with Crippen molar-refractivity contribution in [3.63, 3.8) is 0 Å². The second-order valence-corrected chi connectivity index (χ2v) is 9.54. The Kier molecular flexibility index (Phi) is 6.19. The van der Waals surface area contributed by atoms with Gasteiger partial charge in [-0.05, 0) is 60.4 Å². The zero-order valence-corrected chi connectivity index (χ0v) is 19.9. The predicted octanol–water partition coefficient (Wildman–Crippen LogP) is 3.69. The Bertz CT molecular complexity index is 973.